The molecule has 0 aromatic rings. The number of unbranched alkanes of at least 4 members (excludes halogenated alkanes) is 5. The van der Waals surface area contributed by atoms with Crippen LogP contribution in [0, 0.1) is 10.8 Å². The fourth-order valence-corrected chi connectivity index (χ4v) is 2.35. The molecule has 0 saturated heterocycles. The lowest BCUT2D eigenvalue weighted by atomic mass is 9.67. The highest BCUT2D eigenvalue weighted by Gasteiger charge is 2.31. The first-order valence-corrected chi connectivity index (χ1v) is 8.81. The molecule has 0 heterocycles. The van der Waals surface area contributed by atoms with Gasteiger partial charge in [-0.1, -0.05) is 66.7 Å². The Bertz CT molecular complexity index is 223. The lowest BCUT2D eigenvalue weighted by molar-refractivity contribution is 0.115. The quantitative estimate of drug-likeness (QED) is 0.377. The van der Waals surface area contributed by atoms with Gasteiger partial charge >= 0.3 is 0 Å². The fourth-order valence-electron chi connectivity index (χ4n) is 2.11. The summed E-state index contributed by atoms with van der Waals surface area (Å²) in [5.74, 6) is 0. The molecule has 1 atom stereocenters. The maximum atomic E-state index is 5.74. The van der Waals surface area contributed by atoms with Gasteiger partial charge in [-0.15, -0.1) is 0 Å². The third-order valence-electron chi connectivity index (χ3n) is 4.87. The summed E-state index contributed by atoms with van der Waals surface area (Å²) in [5.41, 5.74) is 6.59. The molecular formula is C16H37NOSi. The molecule has 2 nitrogen and oxygen atoms in total. The van der Waals surface area contributed by atoms with E-state index in [0.717, 1.165) is 16.9 Å². The van der Waals surface area contributed by atoms with Crippen LogP contribution in [0.5, 0.6) is 0 Å². The van der Waals surface area contributed by atoms with Crippen molar-refractivity contribution in [2.24, 2.45) is 16.6 Å². The van der Waals surface area contributed by atoms with Crippen LogP contribution in [-0.2, 0) is 4.43 Å². The Balaban J connectivity index is 3.46. The molecule has 0 bridgehead atoms. The predicted octanol–water partition coefficient (Wildman–Crippen LogP) is 3.76. The van der Waals surface area contributed by atoms with E-state index in [1.807, 2.05) is 0 Å². The molecule has 0 saturated carbocycles. The number of hydrogen-bond donors (Lipinski definition) is 1. The molecule has 19 heavy (non-hydrogen) atoms. The van der Waals surface area contributed by atoms with Gasteiger partial charge in [0.25, 0.3) is 0 Å². The molecule has 0 fully saturated rings. The minimum Gasteiger partial charge on any atom is -0.413 e. The van der Waals surface area contributed by atoms with Crippen molar-refractivity contribution in [3.63, 3.8) is 0 Å². The van der Waals surface area contributed by atoms with Gasteiger partial charge in [0.1, 0.15) is 10.5 Å². The minimum atomic E-state index is -0.000693. The topological polar surface area (TPSA) is 35.2 Å². The third kappa shape index (κ3) is 8.82. The van der Waals surface area contributed by atoms with E-state index in [0.29, 0.717) is 10.8 Å². The maximum absolute atomic E-state index is 5.74. The Hall–Kier alpha value is 0.137. The molecule has 3 heteroatoms. The molecule has 0 amide bonds. The highest BCUT2D eigenvalue weighted by atomic mass is 28.2. The molecule has 0 aromatic heterocycles. The van der Waals surface area contributed by atoms with Crippen molar-refractivity contribution in [3.8, 4) is 0 Å². The van der Waals surface area contributed by atoms with E-state index in [1.54, 1.807) is 0 Å². The van der Waals surface area contributed by atoms with E-state index in [-0.39, 0.29) is 6.23 Å². The van der Waals surface area contributed by atoms with E-state index in [9.17, 15) is 0 Å². The number of hydrogen-bond acceptors (Lipinski definition) is 2. The van der Waals surface area contributed by atoms with Gasteiger partial charge in [0.05, 0.1) is 6.23 Å². The van der Waals surface area contributed by atoms with Crippen LogP contribution in [-0.4, -0.2) is 16.7 Å². The van der Waals surface area contributed by atoms with Crippen LogP contribution in [0.4, 0.5) is 0 Å². The molecule has 0 aliphatic heterocycles. The second-order valence-electron chi connectivity index (χ2n) is 7.57. The van der Waals surface area contributed by atoms with E-state index >= 15 is 0 Å². The first kappa shape index (κ1) is 19.1. The van der Waals surface area contributed by atoms with Crippen molar-refractivity contribution < 1.29 is 4.43 Å². The lowest BCUT2D eigenvalue weighted by Crippen LogP contribution is -2.29. The average Bonchev–Trinajstić information content (AvgIpc) is 2.30. The molecular weight excluding hydrogens is 250 g/mol. The normalized spacial score (nSPS) is 14.8. The van der Waals surface area contributed by atoms with Crippen molar-refractivity contribution in [2.45, 2.75) is 92.2 Å². The van der Waals surface area contributed by atoms with Crippen molar-refractivity contribution in [3.05, 3.63) is 0 Å². The Morgan fingerprint density at radius 3 is 1.84 bits per heavy atom. The van der Waals surface area contributed by atoms with Crippen LogP contribution in [0.2, 0.25) is 0 Å². The zero-order valence-electron chi connectivity index (χ0n) is 14.2. The summed E-state index contributed by atoms with van der Waals surface area (Å²) in [4.78, 5) is 0. The van der Waals surface area contributed by atoms with Gasteiger partial charge in [0, 0.05) is 0 Å². The molecule has 0 aromatic carbocycles. The van der Waals surface area contributed by atoms with Crippen molar-refractivity contribution in [1.29, 1.82) is 0 Å². The molecule has 0 radical (unpaired) electrons. The zero-order chi connectivity index (χ0) is 14.9. The van der Waals surface area contributed by atoms with Crippen LogP contribution in [0.3, 0.4) is 0 Å². The van der Waals surface area contributed by atoms with Gasteiger partial charge in [-0.3, -0.25) is 0 Å². The third-order valence-corrected chi connectivity index (χ3v) is 5.48. The summed E-state index contributed by atoms with van der Waals surface area (Å²) in [6.45, 7) is 11.9. The van der Waals surface area contributed by atoms with Crippen LogP contribution >= 0.6 is 0 Å². The lowest BCUT2D eigenvalue weighted by Gasteiger charge is -2.39. The highest BCUT2D eigenvalue weighted by molar-refractivity contribution is 5.98. The second kappa shape index (κ2) is 9.14. The summed E-state index contributed by atoms with van der Waals surface area (Å²) in [7, 11) is 0.760. The van der Waals surface area contributed by atoms with E-state index in [2.05, 4.69) is 34.6 Å². The largest absolute Gasteiger partial charge is 0.413 e. The second-order valence-corrected chi connectivity index (χ2v) is 8.04. The molecule has 0 rings (SSSR count). The molecule has 0 aliphatic rings. The summed E-state index contributed by atoms with van der Waals surface area (Å²) in [5, 5.41) is 0. The molecule has 0 spiro atoms. The average molecular weight is 288 g/mol. The summed E-state index contributed by atoms with van der Waals surface area (Å²) >= 11 is 0. The SMILES string of the molecule is CC(C)(C)C(C)(C)CCCCCCCCC(N)O[SiH3]. The van der Waals surface area contributed by atoms with Gasteiger partial charge in [0.2, 0.25) is 0 Å². The molecule has 0 aliphatic carbocycles. The van der Waals surface area contributed by atoms with Crippen LogP contribution < -0.4 is 5.73 Å². The van der Waals surface area contributed by atoms with Gasteiger partial charge < -0.3 is 10.2 Å². The zero-order valence-corrected chi connectivity index (χ0v) is 16.2. The van der Waals surface area contributed by atoms with Crippen LogP contribution in [0.1, 0.15) is 86.0 Å². The molecule has 1 unspecified atom stereocenters. The Labute approximate surface area is 124 Å². The first-order valence-electron chi connectivity index (χ1n) is 7.99. The first-order chi connectivity index (χ1) is 8.70. The van der Waals surface area contributed by atoms with Gasteiger partial charge in [0.15, 0.2) is 0 Å². The van der Waals surface area contributed by atoms with E-state index in [4.69, 9.17) is 10.2 Å². The fraction of sp³-hybridized carbons (Fsp3) is 1.00. The van der Waals surface area contributed by atoms with Crippen molar-refractivity contribution >= 4 is 10.5 Å². The Morgan fingerprint density at radius 2 is 1.37 bits per heavy atom. The van der Waals surface area contributed by atoms with Crippen molar-refractivity contribution in [1.82, 2.24) is 0 Å². The standard InChI is InChI=1S/C16H37NOSi/c1-15(2,3)16(4,5)13-11-9-7-6-8-10-12-14(17)18-19/h14H,6-13,17H2,1-5,19H3. The predicted molar refractivity (Wildman–Crippen MR) is 89.2 cm³/mol. The smallest absolute Gasteiger partial charge is 0.148 e. The Morgan fingerprint density at radius 1 is 0.895 bits per heavy atom. The number of rotatable bonds is 10. The summed E-state index contributed by atoms with van der Waals surface area (Å²) in [6.07, 6.45) is 10.4. The van der Waals surface area contributed by atoms with Gasteiger partial charge in [-0.2, -0.15) is 0 Å². The van der Waals surface area contributed by atoms with Crippen LogP contribution in [0.25, 0.3) is 0 Å². The highest BCUT2D eigenvalue weighted by Crippen LogP contribution is 2.41. The molecule has 116 valence electrons. The molecule has 2 N–H and O–H groups in total. The Kier molecular flexibility index (Phi) is 9.21. The van der Waals surface area contributed by atoms with Crippen LogP contribution in [0.15, 0.2) is 0 Å². The minimum absolute atomic E-state index is 0.000693. The number of nitrogens with two attached hydrogens (primary N) is 1. The van der Waals surface area contributed by atoms with Gasteiger partial charge in [-0.05, 0) is 30.1 Å². The van der Waals surface area contributed by atoms with E-state index in [1.165, 1.54) is 44.9 Å². The monoisotopic (exact) mass is 287 g/mol. The summed E-state index contributed by atoms with van der Waals surface area (Å²) in [6, 6.07) is 0. The summed E-state index contributed by atoms with van der Waals surface area (Å²) < 4.78 is 5.18. The van der Waals surface area contributed by atoms with E-state index < -0.39 is 0 Å². The maximum Gasteiger partial charge on any atom is 0.148 e. The van der Waals surface area contributed by atoms with Crippen molar-refractivity contribution in [2.75, 3.05) is 0 Å². The van der Waals surface area contributed by atoms with Gasteiger partial charge in [-0.25, -0.2) is 0 Å².